The lowest BCUT2D eigenvalue weighted by atomic mass is 9.96. The van der Waals surface area contributed by atoms with Crippen molar-refractivity contribution >= 4 is 107 Å². The minimum Gasteiger partial charge on any atom is -0.463 e. The van der Waals surface area contributed by atoms with Crippen LogP contribution >= 0.6 is 0 Å². The van der Waals surface area contributed by atoms with Crippen LogP contribution in [-0.4, -0.2) is 284 Å². The maximum Gasteiger partial charge on any atom is 0.307 e. The Morgan fingerprint density at radius 2 is 0.897 bits per heavy atom. The second-order valence-electron chi connectivity index (χ2n) is 26.9. The van der Waals surface area contributed by atoms with Gasteiger partial charge in [0.05, 0.1) is 32.3 Å². The molecule has 9 N–H and O–H groups in total. The first kappa shape index (κ1) is 103. The Hall–Kier alpha value is -10.1. The van der Waals surface area contributed by atoms with Crippen molar-refractivity contribution < 1.29 is 157 Å². The lowest BCUT2D eigenvalue weighted by Gasteiger charge is -2.44. The van der Waals surface area contributed by atoms with E-state index in [1.807, 2.05) is 0 Å². The minimum atomic E-state index is -1.74. The molecule has 0 aromatic rings. The van der Waals surface area contributed by atoms with Gasteiger partial charge in [-0.15, -0.1) is 0 Å². The highest BCUT2D eigenvalue weighted by Crippen LogP contribution is 2.31. The number of hydrogen-bond acceptors (Lipinski definition) is 34. The molecular weight excluding hydrogens is 1560 g/mol. The zero-order valence-corrected chi connectivity index (χ0v) is 68.9. The zero-order valence-electron chi connectivity index (χ0n) is 68.9. The summed E-state index contributed by atoms with van der Waals surface area (Å²) in [5.74, 6) is -11.1. The van der Waals surface area contributed by atoms with Gasteiger partial charge in [-0.25, -0.2) is 0 Å². The third-order valence-electron chi connectivity index (χ3n) is 16.1. The average molecular weight is 1680 g/mol. The van der Waals surface area contributed by atoms with Crippen molar-refractivity contribution in [2.24, 2.45) is 0 Å². The molecule has 1 fully saturated rings. The number of carbonyl (C=O) groups excluding carboxylic acids is 18. The molecule has 5 unspecified atom stereocenters. The maximum absolute atomic E-state index is 13.8. The second-order valence-corrected chi connectivity index (χ2v) is 26.9. The van der Waals surface area contributed by atoms with Crippen LogP contribution in [0.3, 0.4) is 0 Å². The highest BCUT2D eigenvalue weighted by molar-refractivity contribution is 5.80. The first-order valence-corrected chi connectivity index (χ1v) is 38.5. The van der Waals surface area contributed by atoms with E-state index in [4.69, 9.17) is 71.1 Å². The molecule has 0 aromatic heterocycles. The number of hydrogen-bond donors (Lipinski definition) is 9. The average Bonchev–Trinajstić information content (AvgIpc) is 0.785. The van der Waals surface area contributed by atoms with Gasteiger partial charge in [-0.05, 0) is 71.4 Å². The van der Waals surface area contributed by atoms with E-state index in [1.165, 1.54) is 27.7 Å². The number of amides is 9. The van der Waals surface area contributed by atoms with Gasteiger partial charge in [0.1, 0.15) is 43.8 Å². The van der Waals surface area contributed by atoms with Gasteiger partial charge in [0.25, 0.3) is 6.29 Å². The molecule has 662 valence electrons. The molecule has 2 aliphatic rings. The van der Waals surface area contributed by atoms with Crippen LogP contribution in [-0.2, 0) is 157 Å². The summed E-state index contributed by atoms with van der Waals surface area (Å²) < 4.78 is 82.5. The lowest BCUT2D eigenvalue weighted by Crippen LogP contribution is -2.66. The molecular formula is C74H118N10O33. The number of nitrogens with zero attached hydrogens (tertiary/aromatic N) is 1. The van der Waals surface area contributed by atoms with Gasteiger partial charge in [0, 0.05) is 161 Å². The first-order chi connectivity index (χ1) is 55.3. The van der Waals surface area contributed by atoms with E-state index in [1.54, 1.807) is 4.90 Å². The Bertz CT molecular complexity index is 3310. The molecule has 11 atom stereocenters. The van der Waals surface area contributed by atoms with E-state index in [9.17, 15) is 86.3 Å². The van der Waals surface area contributed by atoms with Gasteiger partial charge in [-0.3, -0.25) is 86.3 Å². The molecule has 2 heterocycles. The number of carbonyl (C=O) groups is 18. The fraction of sp³-hybridized carbons (Fsp3) is 0.730. The van der Waals surface area contributed by atoms with Crippen LogP contribution in [0.5, 0.6) is 0 Å². The smallest absolute Gasteiger partial charge is 0.307 e. The van der Waals surface area contributed by atoms with E-state index < -0.39 is 164 Å². The number of nitrogens with one attached hydrogen (secondary N) is 9. The highest BCUT2D eigenvalue weighted by Gasteiger charge is 2.52. The molecule has 43 heteroatoms. The molecule has 2 rings (SSSR count). The SMILES string of the molecule is CC(=O)NC1=C(OC(C)=O)[C@@H](OC(C)=O)C(COC(C)=O)O[C@H]1OCCCC(=O)NCCCC(=O)NCCCNCCCN(CCCNC(=O)CCCNC(=O)CCO[C@H](OC(C)COC(C)=O)C(NC(C)=O)C(OC(C)=O)OC(C)=O)C(=O)CCCNC(=O)CCCO[C@@H]1OC(COC(C)=O)[C@H](OC(C)=O)C(OC(C)=O)[C@@H]1NC(C)=O. The van der Waals surface area contributed by atoms with Crippen molar-refractivity contribution in [2.45, 2.75) is 254 Å². The minimum absolute atomic E-state index is 0.0167. The summed E-state index contributed by atoms with van der Waals surface area (Å²) in [6.45, 7) is 15.7. The topological polar surface area (TPSA) is 557 Å². The van der Waals surface area contributed by atoms with Crippen LogP contribution < -0.4 is 47.9 Å². The number of esters is 9. The van der Waals surface area contributed by atoms with Crippen LogP contribution in [0.2, 0.25) is 0 Å². The second kappa shape index (κ2) is 57.9. The standard InChI is InChI=1S/C74H118N10O33/c1-43(40-106-47(5)88)109-73(66(83-46(4)87)74(114-54(12)95)115-55(13)96)105-39-27-62(101)78-31-15-23-59(98)80-34-21-36-84(63(102)26-16-32-77-61(100)25-18-38-104-72-65(82-45(3)86)70(113-53(11)94)68(111-51(9)92)57(117-72)42-108-49(7)90)35-20-29-75-28-19-33-79-58(97)22-14-30-76-60(99)24-17-37-103-71-64(81-44(2)85)69(112-52(10)93)67(110-50(8)91)56(116-71)41-107-48(6)89/h43,56-57,65-68,70-75H,14-42H2,1-13H3,(H,76,99)(H,77,100)(H,78,101)(H,79,97)(H,80,98)(H,81,85)(H,82,86)(H,83,87)/t43?,56?,57?,65-,66?,67-,68-,70?,71+,72+,73+/m0/s1. The van der Waals surface area contributed by atoms with Gasteiger partial charge < -0.3 is 124 Å². The summed E-state index contributed by atoms with van der Waals surface area (Å²) in [6, 6.07) is -2.66. The monoisotopic (exact) mass is 1670 g/mol. The quantitative estimate of drug-likeness (QED) is 0.0145. The summed E-state index contributed by atoms with van der Waals surface area (Å²) in [6.07, 6.45) is -11.0. The fourth-order valence-electron chi connectivity index (χ4n) is 11.2. The van der Waals surface area contributed by atoms with Crippen LogP contribution in [0.15, 0.2) is 11.5 Å². The van der Waals surface area contributed by atoms with Crippen LogP contribution in [0.4, 0.5) is 0 Å². The molecule has 0 spiro atoms. The largest absolute Gasteiger partial charge is 0.463 e. The Balaban J connectivity index is 1.99. The summed E-state index contributed by atoms with van der Waals surface area (Å²) in [7, 11) is 0. The Morgan fingerprint density at radius 1 is 0.427 bits per heavy atom. The normalized spacial score (nSPS) is 18.2. The molecule has 117 heavy (non-hydrogen) atoms. The summed E-state index contributed by atoms with van der Waals surface area (Å²) >= 11 is 0. The third kappa shape index (κ3) is 47.1. The molecule has 1 saturated heterocycles. The number of rotatable bonds is 57. The Kier molecular flexibility index (Phi) is 51.0. The molecule has 0 radical (unpaired) electrons. The van der Waals surface area contributed by atoms with E-state index in [0.29, 0.717) is 51.9 Å². The van der Waals surface area contributed by atoms with Crippen molar-refractivity contribution in [1.82, 2.24) is 52.8 Å². The Labute approximate surface area is 678 Å². The van der Waals surface area contributed by atoms with E-state index >= 15 is 0 Å². The predicted octanol–water partition coefficient (Wildman–Crippen LogP) is -1.47. The van der Waals surface area contributed by atoms with Crippen molar-refractivity contribution in [2.75, 3.05) is 98.5 Å². The van der Waals surface area contributed by atoms with Gasteiger partial charge in [-0.2, -0.15) is 0 Å². The van der Waals surface area contributed by atoms with Crippen molar-refractivity contribution in [1.29, 1.82) is 0 Å². The van der Waals surface area contributed by atoms with Crippen LogP contribution in [0, 0.1) is 0 Å². The van der Waals surface area contributed by atoms with Crippen LogP contribution in [0.25, 0.3) is 0 Å². The highest BCUT2D eigenvalue weighted by atomic mass is 16.7. The molecule has 43 nitrogen and oxygen atoms in total. The molecule has 0 saturated carbocycles. The summed E-state index contributed by atoms with van der Waals surface area (Å²) in [4.78, 5) is 224. The van der Waals surface area contributed by atoms with Gasteiger partial charge in [-0.1, -0.05) is 0 Å². The molecule has 0 bridgehead atoms. The third-order valence-corrected chi connectivity index (χ3v) is 16.1. The van der Waals surface area contributed by atoms with Crippen molar-refractivity contribution in [3.63, 3.8) is 0 Å². The summed E-state index contributed by atoms with van der Waals surface area (Å²) in [5.41, 5.74) is -0.177. The molecule has 9 amide bonds. The van der Waals surface area contributed by atoms with Crippen molar-refractivity contribution in [3.8, 4) is 0 Å². The maximum atomic E-state index is 13.8. The fourth-order valence-corrected chi connectivity index (χ4v) is 11.2. The van der Waals surface area contributed by atoms with Crippen molar-refractivity contribution in [3.05, 3.63) is 11.5 Å². The first-order valence-electron chi connectivity index (χ1n) is 38.5. The molecule has 0 aromatic carbocycles. The predicted molar refractivity (Wildman–Crippen MR) is 400 cm³/mol. The summed E-state index contributed by atoms with van der Waals surface area (Å²) in [5, 5.41) is 24.7. The van der Waals surface area contributed by atoms with Crippen LogP contribution in [0.1, 0.15) is 180 Å². The van der Waals surface area contributed by atoms with Gasteiger partial charge in [0.2, 0.25) is 59.5 Å². The lowest BCUT2D eigenvalue weighted by molar-refractivity contribution is -0.277. The zero-order chi connectivity index (χ0) is 87.5. The van der Waals surface area contributed by atoms with Gasteiger partial charge >= 0.3 is 53.7 Å². The molecule has 2 aliphatic heterocycles. The number of ether oxygens (including phenoxy) is 15. The van der Waals surface area contributed by atoms with E-state index in [0.717, 1.165) is 62.3 Å². The van der Waals surface area contributed by atoms with E-state index in [2.05, 4.69) is 47.9 Å². The van der Waals surface area contributed by atoms with Gasteiger partial charge in [0.15, 0.2) is 42.7 Å². The van der Waals surface area contributed by atoms with E-state index in [-0.39, 0.29) is 164 Å². The Morgan fingerprint density at radius 3 is 1.39 bits per heavy atom. The molecule has 0 aliphatic carbocycles.